The molecule has 4 aliphatic rings. The van der Waals surface area contributed by atoms with Gasteiger partial charge in [0.15, 0.2) is 11.5 Å². The molecule has 2 aromatic carbocycles. The lowest BCUT2D eigenvalue weighted by atomic mass is 9.75. The van der Waals surface area contributed by atoms with Crippen LogP contribution in [0.25, 0.3) is 5.69 Å². The fraction of sp³-hybridized carbons (Fsp3) is 0.476. The molecule has 6 N–H and O–H groups in total. The Balaban J connectivity index is 0.866. The first-order valence-corrected chi connectivity index (χ1v) is 20.3. The van der Waals surface area contributed by atoms with Gasteiger partial charge in [-0.1, -0.05) is 19.9 Å². The van der Waals surface area contributed by atoms with Crippen molar-refractivity contribution in [2.24, 2.45) is 11.1 Å². The zero-order chi connectivity index (χ0) is 43.8. The maximum Gasteiger partial charge on any atom is 0.435 e. The van der Waals surface area contributed by atoms with Gasteiger partial charge in [0.25, 0.3) is 11.8 Å². The molecule has 7 rings (SSSR count). The molecule has 1 aromatic heterocycles. The third-order valence-corrected chi connectivity index (χ3v) is 11.6. The molecule has 0 radical (unpaired) electrons. The number of alkyl halides is 3. The lowest BCUT2D eigenvalue weighted by Gasteiger charge is -2.30. The summed E-state index contributed by atoms with van der Waals surface area (Å²) < 4.78 is 48.9. The molecule has 61 heavy (non-hydrogen) atoms. The number of carbonyl (C=O) groups excluding carboxylic acids is 7. The lowest BCUT2D eigenvalue weighted by Crippen LogP contribution is -2.52. The van der Waals surface area contributed by atoms with Crippen LogP contribution in [0.2, 0.25) is 0 Å². The van der Waals surface area contributed by atoms with Crippen molar-refractivity contribution in [2.45, 2.75) is 109 Å². The van der Waals surface area contributed by atoms with E-state index in [0.29, 0.717) is 55.6 Å². The van der Waals surface area contributed by atoms with Gasteiger partial charge in [-0.25, -0.2) is 4.68 Å². The van der Waals surface area contributed by atoms with Crippen molar-refractivity contribution in [1.29, 1.82) is 0 Å². The van der Waals surface area contributed by atoms with Crippen molar-refractivity contribution in [2.75, 3.05) is 23.7 Å². The number of aromatic nitrogens is 2. The quantitative estimate of drug-likeness (QED) is 0.0933. The van der Waals surface area contributed by atoms with Crippen LogP contribution >= 0.6 is 0 Å². The molecular formula is C42H47F3N8O8. The summed E-state index contributed by atoms with van der Waals surface area (Å²) in [5, 5.41) is 15.3. The topological polar surface area (TPSA) is 224 Å². The highest BCUT2D eigenvalue weighted by Gasteiger charge is 2.46. The van der Waals surface area contributed by atoms with Crippen molar-refractivity contribution in [3.05, 3.63) is 70.0 Å². The molecule has 1 saturated carbocycles. The van der Waals surface area contributed by atoms with Crippen molar-refractivity contribution in [1.82, 2.24) is 25.3 Å². The van der Waals surface area contributed by atoms with E-state index >= 15 is 0 Å². The van der Waals surface area contributed by atoms with Crippen molar-refractivity contribution in [3.63, 3.8) is 0 Å². The number of Topliss-reactive ketones (excluding diaryl/α,β-unsaturated/α-hetero) is 1. The number of esters is 1. The first kappa shape index (κ1) is 42.8. The number of nitrogens with one attached hydrogen (secondary N) is 4. The van der Waals surface area contributed by atoms with Crippen molar-refractivity contribution in [3.8, 4) is 5.69 Å². The van der Waals surface area contributed by atoms with Gasteiger partial charge in [-0.3, -0.25) is 38.9 Å². The van der Waals surface area contributed by atoms with Crippen molar-refractivity contribution >= 4 is 52.7 Å². The summed E-state index contributed by atoms with van der Waals surface area (Å²) in [7, 11) is 0. The number of rotatable bonds is 13. The van der Waals surface area contributed by atoms with Crippen LogP contribution < -0.4 is 27.0 Å². The van der Waals surface area contributed by atoms with Gasteiger partial charge in [-0.2, -0.15) is 18.3 Å². The summed E-state index contributed by atoms with van der Waals surface area (Å²) in [4.78, 5) is 89.0. The van der Waals surface area contributed by atoms with Crippen LogP contribution in [0.5, 0.6) is 0 Å². The number of amides is 5. The van der Waals surface area contributed by atoms with E-state index in [9.17, 15) is 46.7 Å². The van der Waals surface area contributed by atoms with E-state index in [0.717, 1.165) is 10.2 Å². The molecule has 1 unspecified atom stereocenters. The van der Waals surface area contributed by atoms with E-state index in [4.69, 9.17) is 10.5 Å². The minimum atomic E-state index is -4.85. The number of hydrogen-bond acceptors (Lipinski definition) is 11. The van der Waals surface area contributed by atoms with E-state index < -0.39 is 58.6 Å². The Labute approximate surface area is 348 Å². The smallest absolute Gasteiger partial charge is 0.435 e. The van der Waals surface area contributed by atoms with Crippen molar-refractivity contribution < 1.29 is 51.5 Å². The van der Waals surface area contributed by atoms with Crippen LogP contribution in [0.1, 0.15) is 120 Å². The largest absolute Gasteiger partial charge is 0.461 e. The van der Waals surface area contributed by atoms with Crippen LogP contribution in [0.3, 0.4) is 0 Å². The predicted octanol–water partition coefficient (Wildman–Crippen LogP) is 4.18. The molecule has 2 aliphatic heterocycles. The molecule has 2 aliphatic carbocycles. The van der Waals surface area contributed by atoms with Gasteiger partial charge in [0.2, 0.25) is 17.7 Å². The molecule has 16 nitrogen and oxygen atoms in total. The predicted molar refractivity (Wildman–Crippen MR) is 212 cm³/mol. The third-order valence-electron chi connectivity index (χ3n) is 11.6. The number of hydrogen-bond donors (Lipinski definition) is 5. The molecule has 2 fully saturated rings. The second-order valence-electron chi connectivity index (χ2n) is 16.8. The molecule has 5 amide bonds. The standard InChI is InChI=1S/C42H47F3N8O8/c1-41(2)18-31-36(32(54)19-41)37(42(43,44)45)51-53(31)23-10-13-26(38(46)58)29(17-23)49-22-8-11-24(12-9-22)61-35(57)20-48-33(55)7-4-16-47-28-6-3-5-25-27(28)21-52(40(25)60)30-14-15-34(56)50-39(30)59/h3,5-6,10,13,17,22,24,30,47,49H,4,7-9,11-12,14-16,18-21H2,1-2H3,(H2,46,58)(H,48,55)(H,50,56,59). The molecule has 1 saturated heterocycles. The molecule has 3 aromatic rings. The van der Waals surface area contributed by atoms with Gasteiger partial charge >= 0.3 is 12.1 Å². The number of ketones is 1. The molecule has 19 heteroatoms. The first-order valence-electron chi connectivity index (χ1n) is 20.3. The number of ether oxygens (including phenoxy) is 1. The molecule has 0 bridgehead atoms. The van der Waals surface area contributed by atoms with Gasteiger partial charge in [-0.05, 0) is 80.7 Å². The van der Waals surface area contributed by atoms with Gasteiger partial charge in [0, 0.05) is 60.9 Å². The average molecular weight is 849 g/mol. The Morgan fingerprint density at radius 3 is 2.46 bits per heavy atom. The van der Waals surface area contributed by atoms with Gasteiger partial charge in [0.05, 0.1) is 22.5 Å². The first-order chi connectivity index (χ1) is 28.9. The van der Waals surface area contributed by atoms with E-state index in [2.05, 4.69) is 26.4 Å². The number of nitrogens with two attached hydrogens (primary N) is 1. The molecule has 1 atom stereocenters. The van der Waals surface area contributed by atoms with E-state index in [1.165, 1.54) is 23.1 Å². The highest BCUT2D eigenvalue weighted by molar-refractivity contribution is 6.06. The van der Waals surface area contributed by atoms with Gasteiger partial charge < -0.3 is 31.3 Å². The summed E-state index contributed by atoms with van der Waals surface area (Å²) in [5.74, 6) is -3.46. The van der Waals surface area contributed by atoms with E-state index in [1.807, 2.05) is 6.07 Å². The van der Waals surface area contributed by atoms with Crippen LogP contribution in [0.15, 0.2) is 36.4 Å². The minimum absolute atomic E-state index is 0.0465. The number of fused-ring (bicyclic) bond motifs is 2. The zero-order valence-electron chi connectivity index (χ0n) is 33.7. The average Bonchev–Trinajstić information content (AvgIpc) is 3.74. The van der Waals surface area contributed by atoms with Gasteiger partial charge in [0.1, 0.15) is 18.7 Å². The maximum absolute atomic E-state index is 14.1. The number of halogens is 3. The van der Waals surface area contributed by atoms with E-state index in [-0.39, 0.29) is 85.9 Å². The normalized spacial score (nSPS) is 21.0. The number of carbonyl (C=O) groups is 7. The Hall–Kier alpha value is -6.27. The maximum atomic E-state index is 14.1. The fourth-order valence-electron chi connectivity index (χ4n) is 8.61. The molecular weight excluding hydrogens is 802 g/mol. The van der Waals surface area contributed by atoms with Crippen LogP contribution in [-0.2, 0) is 43.1 Å². The highest BCUT2D eigenvalue weighted by Crippen LogP contribution is 2.42. The van der Waals surface area contributed by atoms with Crippen LogP contribution in [0, 0.1) is 5.41 Å². The number of piperidine rings is 1. The second kappa shape index (κ2) is 17.0. The SMILES string of the molecule is CC1(C)CC(=O)c2c(C(F)(F)F)nn(-c3ccc(C(N)=O)c(NC4CCC(OC(=O)CNC(=O)CCCNc5cccc6c5CN(C5CCC(=O)NC5=O)C6=O)CC4)c3)c2C1. The zero-order valence-corrected chi connectivity index (χ0v) is 33.7. The Morgan fingerprint density at radius 1 is 1.00 bits per heavy atom. The fourth-order valence-corrected chi connectivity index (χ4v) is 8.61. The number of benzene rings is 2. The minimum Gasteiger partial charge on any atom is -0.461 e. The van der Waals surface area contributed by atoms with E-state index in [1.54, 1.807) is 26.0 Å². The van der Waals surface area contributed by atoms with Crippen LogP contribution in [0.4, 0.5) is 24.5 Å². The van der Waals surface area contributed by atoms with Crippen LogP contribution in [-0.4, -0.2) is 87.2 Å². The Morgan fingerprint density at radius 2 is 1.75 bits per heavy atom. The summed E-state index contributed by atoms with van der Waals surface area (Å²) >= 11 is 0. The Kier molecular flexibility index (Phi) is 11.9. The number of nitrogens with zero attached hydrogens (tertiary/aromatic N) is 3. The lowest BCUT2D eigenvalue weighted by molar-refractivity contribution is -0.150. The van der Waals surface area contributed by atoms with Gasteiger partial charge in [-0.15, -0.1) is 0 Å². The molecule has 324 valence electrons. The summed E-state index contributed by atoms with van der Waals surface area (Å²) in [6.45, 7) is 3.90. The third kappa shape index (κ3) is 9.39. The number of primary amides is 1. The monoisotopic (exact) mass is 848 g/mol. The number of anilines is 2. The second-order valence-corrected chi connectivity index (χ2v) is 16.8. The Bertz CT molecular complexity index is 2300. The summed E-state index contributed by atoms with van der Waals surface area (Å²) in [5.41, 5.74) is 6.09. The molecule has 3 heterocycles. The summed E-state index contributed by atoms with van der Waals surface area (Å²) in [6.07, 6.45) is -2.22. The molecule has 0 spiro atoms. The number of imide groups is 1. The highest BCUT2D eigenvalue weighted by atomic mass is 19.4. The summed E-state index contributed by atoms with van der Waals surface area (Å²) in [6, 6.07) is 8.66.